The number of anilines is 1. The second kappa shape index (κ2) is 8.27. The largest absolute Gasteiger partial charge is 0.492 e. The maximum absolute atomic E-state index is 12.1. The molecule has 0 spiro atoms. The first kappa shape index (κ1) is 17.6. The van der Waals surface area contributed by atoms with Crippen LogP contribution in [0.2, 0.25) is 5.02 Å². The SMILES string of the molecule is O=C(CC1Sc2ccccc2NC1=O)NCCOc1ccc(Cl)cc1. The van der Waals surface area contributed by atoms with Gasteiger partial charge in [0.25, 0.3) is 0 Å². The Balaban J connectivity index is 1.42. The second-order valence-electron chi connectivity index (χ2n) is 5.45. The second-order valence-corrected chi connectivity index (χ2v) is 7.13. The number of fused-ring (bicyclic) bond motifs is 1. The Morgan fingerprint density at radius 2 is 1.96 bits per heavy atom. The Morgan fingerprint density at radius 3 is 2.76 bits per heavy atom. The lowest BCUT2D eigenvalue weighted by Crippen LogP contribution is -2.36. The summed E-state index contributed by atoms with van der Waals surface area (Å²) in [6, 6.07) is 14.6. The minimum atomic E-state index is -0.424. The van der Waals surface area contributed by atoms with Crippen LogP contribution in [0.4, 0.5) is 5.69 Å². The van der Waals surface area contributed by atoms with Crippen molar-refractivity contribution in [2.75, 3.05) is 18.5 Å². The van der Waals surface area contributed by atoms with Gasteiger partial charge in [0.1, 0.15) is 12.4 Å². The van der Waals surface area contributed by atoms with E-state index in [0.717, 1.165) is 10.6 Å². The van der Waals surface area contributed by atoms with Gasteiger partial charge in [0.15, 0.2) is 0 Å². The van der Waals surface area contributed by atoms with Crippen LogP contribution >= 0.6 is 23.4 Å². The predicted octanol–water partition coefficient (Wildman–Crippen LogP) is 3.34. The van der Waals surface area contributed by atoms with Crippen LogP contribution in [-0.2, 0) is 9.59 Å². The van der Waals surface area contributed by atoms with Gasteiger partial charge in [-0.2, -0.15) is 0 Å². The molecular formula is C18H17ClN2O3S. The van der Waals surface area contributed by atoms with Crippen LogP contribution < -0.4 is 15.4 Å². The van der Waals surface area contributed by atoms with E-state index in [2.05, 4.69) is 10.6 Å². The van der Waals surface area contributed by atoms with Crippen LogP contribution in [0.3, 0.4) is 0 Å². The summed E-state index contributed by atoms with van der Waals surface area (Å²) in [5.41, 5.74) is 0.797. The molecule has 3 rings (SSSR count). The standard InChI is InChI=1S/C18H17ClN2O3S/c19-12-5-7-13(8-6-12)24-10-9-20-17(22)11-16-18(23)21-14-3-1-2-4-15(14)25-16/h1-8,16H,9-11H2,(H,20,22)(H,21,23). The fraction of sp³-hybridized carbons (Fsp3) is 0.222. The van der Waals surface area contributed by atoms with Crippen molar-refractivity contribution in [1.82, 2.24) is 5.32 Å². The van der Waals surface area contributed by atoms with Crippen molar-refractivity contribution in [2.24, 2.45) is 0 Å². The van der Waals surface area contributed by atoms with Crippen LogP contribution in [0.25, 0.3) is 0 Å². The zero-order valence-electron chi connectivity index (χ0n) is 13.3. The number of hydrogen-bond donors (Lipinski definition) is 2. The van der Waals surface area contributed by atoms with Gasteiger partial charge in [0.2, 0.25) is 11.8 Å². The Kier molecular flexibility index (Phi) is 5.83. The lowest BCUT2D eigenvalue weighted by molar-refractivity contribution is -0.124. The maximum atomic E-state index is 12.1. The Bertz CT molecular complexity index is 767. The quantitative estimate of drug-likeness (QED) is 0.759. The first-order valence-electron chi connectivity index (χ1n) is 7.83. The molecule has 0 aliphatic carbocycles. The van der Waals surface area contributed by atoms with Crippen LogP contribution in [0, 0.1) is 0 Å². The van der Waals surface area contributed by atoms with Gasteiger partial charge >= 0.3 is 0 Å². The van der Waals surface area contributed by atoms with E-state index in [9.17, 15) is 9.59 Å². The molecule has 1 aliphatic heterocycles. The maximum Gasteiger partial charge on any atom is 0.238 e. The number of nitrogens with one attached hydrogen (secondary N) is 2. The average molecular weight is 377 g/mol. The molecule has 2 amide bonds. The number of thioether (sulfide) groups is 1. The molecule has 1 atom stereocenters. The van der Waals surface area contributed by atoms with Crippen molar-refractivity contribution in [1.29, 1.82) is 0 Å². The van der Waals surface area contributed by atoms with E-state index in [4.69, 9.17) is 16.3 Å². The van der Waals surface area contributed by atoms with Gasteiger partial charge in [-0.15, -0.1) is 11.8 Å². The number of ether oxygens (including phenoxy) is 1. The van der Waals surface area contributed by atoms with Crippen molar-refractivity contribution in [3.63, 3.8) is 0 Å². The van der Waals surface area contributed by atoms with Gasteiger partial charge in [0.05, 0.1) is 17.5 Å². The zero-order chi connectivity index (χ0) is 17.6. The number of halogens is 1. The summed E-state index contributed by atoms with van der Waals surface area (Å²) in [4.78, 5) is 25.1. The van der Waals surface area contributed by atoms with E-state index in [1.165, 1.54) is 11.8 Å². The molecule has 1 unspecified atom stereocenters. The fourth-order valence-corrected chi connectivity index (χ4v) is 3.59. The van der Waals surface area contributed by atoms with Crippen molar-refractivity contribution in [3.8, 4) is 5.75 Å². The number of carbonyl (C=O) groups is 2. The summed E-state index contributed by atoms with van der Waals surface area (Å²) in [5, 5.41) is 5.83. The molecule has 25 heavy (non-hydrogen) atoms. The van der Waals surface area contributed by atoms with E-state index < -0.39 is 5.25 Å². The average Bonchev–Trinajstić information content (AvgIpc) is 2.61. The van der Waals surface area contributed by atoms with E-state index in [1.54, 1.807) is 24.3 Å². The van der Waals surface area contributed by atoms with Gasteiger partial charge in [-0.25, -0.2) is 0 Å². The van der Waals surface area contributed by atoms with E-state index in [-0.39, 0.29) is 18.2 Å². The molecule has 0 aromatic heterocycles. The minimum absolute atomic E-state index is 0.131. The van der Waals surface area contributed by atoms with Crippen LogP contribution in [0.15, 0.2) is 53.4 Å². The summed E-state index contributed by atoms with van der Waals surface area (Å²) in [6.07, 6.45) is 0.131. The highest BCUT2D eigenvalue weighted by Crippen LogP contribution is 2.36. The van der Waals surface area contributed by atoms with Crippen molar-refractivity contribution in [3.05, 3.63) is 53.6 Å². The smallest absolute Gasteiger partial charge is 0.238 e. The van der Waals surface area contributed by atoms with Gasteiger partial charge in [-0.1, -0.05) is 23.7 Å². The predicted molar refractivity (Wildman–Crippen MR) is 99.3 cm³/mol. The third-order valence-corrected chi connectivity index (χ3v) is 5.11. The van der Waals surface area contributed by atoms with Crippen molar-refractivity contribution in [2.45, 2.75) is 16.6 Å². The van der Waals surface area contributed by atoms with E-state index >= 15 is 0 Å². The Labute approximate surface area is 155 Å². The molecule has 0 saturated carbocycles. The third kappa shape index (κ3) is 4.90. The number of hydrogen-bond acceptors (Lipinski definition) is 4. The van der Waals surface area contributed by atoms with E-state index in [0.29, 0.717) is 23.9 Å². The summed E-state index contributed by atoms with van der Waals surface area (Å²) < 4.78 is 5.51. The highest BCUT2D eigenvalue weighted by atomic mass is 35.5. The number of rotatable bonds is 6. The lowest BCUT2D eigenvalue weighted by atomic mass is 10.2. The topological polar surface area (TPSA) is 67.4 Å². The molecule has 7 heteroatoms. The van der Waals surface area contributed by atoms with Gasteiger partial charge in [0, 0.05) is 16.3 Å². The highest BCUT2D eigenvalue weighted by molar-refractivity contribution is 8.01. The molecule has 0 saturated heterocycles. The first-order valence-corrected chi connectivity index (χ1v) is 9.09. The summed E-state index contributed by atoms with van der Waals surface area (Å²) in [7, 11) is 0. The first-order chi connectivity index (χ1) is 12.1. The van der Waals surface area contributed by atoms with E-state index in [1.807, 2.05) is 24.3 Å². The summed E-state index contributed by atoms with van der Waals surface area (Å²) in [5.74, 6) is 0.375. The molecule has 2 aromatic carbocycles. The molecule has 0 fully saturated rings. The normalized spacial score (nSPS) is 15.9. The Morgan fingerprint density at radius 1 is 1.20 bits per heavy atom. The zero-order valence-corrected chi connectivity index (χ0v) is 14.9. The van der Waals surface area contributed by atoms with Gasteiger partial charge in [-0.3, -0.25) is 9.59 Å². The van der Waals surface area contributed by atoms with Crippen LogP contribution in [0.5, 0.6) is 5.75 Å². The number of para-hydroxylation sites is 1. The highest BCUT2D eigenvalue weighted by Gasteiger charge is 2.28. The molecule has 0 bridgehead atoms. The van der Waals surface area contributed by atoms with Crippen LogP contribution in [-0.4, -0.2) is 30.2 Å². The summed E-state index contributed by atoms with van der Waals surface area (Å²) in [6.45, 7) is 0.720. The molecule has 2 aromatic rings. The van der Waals surface area contributed by atoms with Crippen LogP contribution in [0.1, 0.15) is 6.42 Å². The fourth-order valence-electron chi connectivity index (χ4n) is 2.36. The van der Waals surface area contributed by atoms with Gasteiger partial charge < -0.3 is 15.4 Å². The van der Waals surface area contributed by atoms with Crippen molar-refractivity contribution < 1.29 is 14.3 Å². The Hall–Kier alpha value is -2.18. The molecule has 1 aliphatic rings. The molecular weight excluding hydrogens is 360 g/mol. The molecule has 130 valence electrons. The minimum Gasteiger partial charge on any atom is -0.492 e. The molecule has 0 radical (unpaired) electrons. The monoisotopic (exact) mass is 376 g/mol. The van der Waals surface area contributed by atoms with Gasteiger partial charge in [-0.05, 0) is 36.4 Å². The lowest BCUT2D eigenvalue weighted by Gasteiger charge is -2.23. The molecule has 1 heterocycles. The summed E-state index contributed by atoms with van der Waals surface area (Å²) >= 11 is 7.22. The number of amides is 2. The third-order valence-electron chi connectivity index (χ3n) is 3.58. The number of carbonyl (C=O) groups excluding carboxylic acids is 2. The molecule has 2 N–H and O–H groups in total. The number of benzene rings is 2. The van der Waals surface area contributed by atoms with Crippen molar-refractivity contribution >= 4 is 40.9 Å². The molecule has 5 nitrogen and oxygen atoms in total.